The predicted molar refractivity (Wildman–Crippen MR) is 90.9 cm³/mol. The first kappa shape index (κ1) is 14.2. The van der Waals surface area contributed by atoms with Gasteiger partial charge in [0.15, 0.2) is 0 Å². The number of azo groups is 1. The summed E-state index contributed by atoms with van der Waals surface area (Å²) in [4.78, 5) is 1.72. The predicted octanol–water partition coefficient (Wildman–Crippen LogP) is 4.17. The Labute approximate surface area is 133 Å². The van der Waals surface area contributed by atoms with Gasteiger partial charge in [0.2, 0.25) is 0 Å². The second-order valence-electron chi connectivity index (χ2n) is 4.82. The molecule has 4 nitrogen and oxygen atoms in total. The summed E-state index contributed by atoms with van der Waals surface area (Å²) in [5.41, 5.74) is 2.91. The van der Waals surface area contributed by atoms with Gasteiger partial charge in [-0.2, -0.15) is 0 Å². The molecule has 3 rings (SSSR count). The first-order chi connectivity index (χ1) is 10.7. The van der Waals surface area contributed by atoms with E-state index in [1.165, 1.54) is 4.70 Å². The van der Waals surface area contributed by atoms with Crippen molar-refractivity contribution in [2.24, 2.45) is 17.3 Å². The van der Waals surface area contributed by atoms with Crippen LogP contribution in [0.4, 0.5) is 16.5 Å². The van der Waals surface area contributed by atoms with E-state index in [-0.39, 0.29) is 0 Å². The van der Waals surface area contributed by atoms with Crippen molar-refractivity contribution in [2.75, 3.05) is 11.9 Å². The van der Waals surface area contributed by atoms with Gasteiger partial charge >= 0.3 is 5.13 Å². The Morgan fingerprint density at radius 1 is 1.09 bits per heavy atom. The fourth-order valence-electron chi connectivity index (χ4n) is 2.10. The van der Waals surface area contributed by atoms with Crippen molar-refractivity contribution in [2.45, 2.75) is 0 Å². The van der Waals surface area contributed by atoms with Gasteiger partial charge in [-0.25, -0.2) is 4.57 Å². The Balaban J connectivity index is 1.87. The molecule has 0 aliphatic rings. The van der Waals surface area contributed by atoms with E-state index in [0.717, 1.165) is 22.0 Å². The molecule has 0 radical (unpaired) electrons. The standard InChI is InChI=1S/C17H15N4S/c1-4-20(2)14-11-9-13(10-12-14)18-19-17-21(3)15-7-5-6-8-16(15)22-17/h1,5-12H,2-3H3/q+1. The molecule has 108 valence electrons. The topological polar surface area (TPSA) is 31.8 Å². The largest absolute Gasteiger partial charge is 0.409 e. The van der Waals surface area contributed by atoms with Crippen LogP contribution >= 0.6 is 11.3 Å². The van der Waals surface area contributed by atoms with Gasteiger partial charge in [-0.05, 0) is 52.8 Å². The van der Waals surface area contributed by atoms with Crippen molar-refractivity contribution in [1.82, 2.24) is 0 Å². The van der Waals surface area contributed by atoms with E-state index in [4.69, 9.17) is 6.42 Å². The van der Waals surface area contributed by atoms with Crippen LogP contribution in [0, 0.1) is 12.5 Å². The minimum absolute atomic E-state index is 0.798. The molecule has 0 saturated carbocycles. The molecule has 2 aromatic carbocycles. The van der Waals surface area contributed by atoms with Gasteiger partial charge in [0.05, 0.1) is 16.9 Å². The maximum atomic E-state index is 5.36. The minimum Gasteiger partial charge on any atom is -0.305 e. The molecule has 5 heteroatoms. The Morgan fingerprint density at radius 2 is 1.82 bits per heavy atom. The first-order valence-corrected chi connectivity index (χ1v) is 7.60. The summed E-state index contributed by atoms with van der Waals surface area (Å²) >= 11 is 1.62. The average molecular weight is 307 g/mol. The lowest BCUT2D eigenvalue weighted by Crippen LogP contribution is -2.25. The van der Waals surface area contributed by atoms with Crippen molar-refractivity contribution in [3.05, 3.63) is 48.5 Å². The van der Waals surface area contributed by atoms with Crippen LogP contribution in [0.5, 0.6) is 0 Å². The van der Waals surface area contributed by atoms with Crippen LogP contribution in [0.3, 0.4) is 0 Å². The third-order valence-corrected chi connectivity index (χ3v) is 4.50. The average Bonchev–Trinajstić information content (AvgIpc) is 2.89. The van der Waals surface area contributed by atoms with Crippen LogP contribution in [0.1, 0.15) is 0 Å². The van der Waals surface area contributed by atoms with Crippen LogP contribution in [-0.4, -0.2) is 7.05 Å². The van der Waals surface area contributed by atoms with Crippen LogP contribution in [0.25, 0.3) is 10.2 Å². The first-order valence-electron chi connectivity index (χ1n) is 6.78. The highest BCUT2D eigenvalue weighted by Crippen LogP contribution is 2.27. The second kappa shape index (κ2) is 5.96. The summed E-state index contributed by atoms with van der Waals surface area (Å²) in [6, 6.07) is 18.4. The smallest absolute Gasteiger partial charge is 0.305 e. The number of hydrogen-bond donors (Lipinski definition) is 0. The van der Waals surface area contributed by atoms with Gasteiger partial charge in [0.1, 0.15) is 11.2 Å². The van der Waals surface area contributed by atoms with E-state index in [1.807, 2.05) is 55.1 Å². The van der Waals surface area contributed by atoms with Crippen molar-refractivity contribution < 1.29 is 4.57 Å². The molecule has 0 amide bonds. The SMILES string of the molecule is C#CN(C)c1ccc(N=Nc2sc3ccccc3[n+]2C)cc1. The number of nitrogens with zero attached hydrogens (tertiary/aromatic N) is 4. The number of para-hydroxylation sites is 1. The van der Waals surface area contributed by atoms with Gasteiger partial charge in [-0.15, -0.1) is 0 Å². The highest BCUT2D eigenvalue weighted by Gasteiger charge is 2.15. The highest BCUT2D eigenvalue weighted by molar-refractivity contribution is 7.21. The lowest BCUT2D eigenvalue weighted by molar-refractivity contribution is -0.627. The van der Waals surface area contributed by atoms with Gasteiger partial charge < -0.3 is 4.90 Å². The fourth-order valence-corrected chi connectivity index (χ4v) is 3.07. The molecule has 0 atom stereocenters. The molecule has 0 saturated heterocycles. The fraction of sp³-hybridized carbons (Fsp3) is 0.118. The van der Waals surface area contributed by atoms with Crippen molar-refractivity contribution in [3.63, 3.8) is 0 Å². The molecular weight excluding hydrogens is 292 g/mol. The molecule has 0 bridgehead atoms. The Bertz CT molecular complexity index is 872. The molecule has 0 unspecified atom stereocenters. The Kier molecular flexibility index (Phi) is 3.86. The number of aromatic nitrogens is 1. The normalized spacial score (nSPS) is 11.0. The van der Waals surface area contributed by atoms with E-state index >= 15 is 0 Å². The van der Waals surface area contributed by atoms with Crippen LogP contribution in [0.15, 0.2) is 58.8 Å². The lowest BCUT2D eigenvalue weighted by atomic mass is 10.3. The summed E-state index contributed by atoms with van der Waals surface area (Å²) in [6.45, 7) is 0. The van der Waals surface area contributed by atoms with Gasteiger partial charge in [0.25, 0.3) is 0 Å². The molecular formula is C17H15N4S+. The zero-order valence-electron chi connectivity index (χ0n) is 12.4. The summed E-state index contributed by atoms with van der Waals surface area (Å²) in [5, 5.41) is 9.53. The van der Waals surface area contributed by atoms with E-state index in [1.54, 1.807) is 16.2 Å². The number of terminal acetylenes is 1. The number of anilines is 1. The maximum Gasteiger partial charge on any atom is 0.409 e. The van der Waals surface area contributed by atoms with Crippen LogP contribution in [0.2, 0.25) is 0 Å². The molecule has 0 aliphatic carbocycles. The zero-order valence-corrected chi connectivity index (χ0v) is 13.2. The molecule has 1 heterocycles. The number of aryl methyl sites for hydroxylation is 1. The van der Waals surface area contributed by atoms with Gasteiger partial charge in [-0.1, -0.05) is 18.6 Å². The van der Waals surface area contributed by atoms with Crippen LogP contribution in [-0.2, 0) is 7.05 Å². The number of hydrogen-bond acceptors (Lipinski definition) is 4. The number of rotatable bonds is 3. The van der Waals surface area contributed by atoms with Crippen LogP contribution < -0.4 is 9.47 Å². The number of fused-ring (bicyclic) bond motifs is 1. The lowest BCUT2D eigenvalue weighted by Gasteiger charge is -2.09. The number of benzene rings is 2. The summed E-state index contributed by atoms with van der Waals surface area (Å²) in [6.07, 6.45) is 5.36. The van der Waals surface area contributed by atoms with Crippen molar-refractivity contribution in [3.8, 4) is 12.5 Å². The molecule has 3 aromatic rings. The minimum atomic E-state index is 0.798. The molecule has 22 heavy (non-hydrogen) atoms. The van der Waals surface area contributed by atoms with E-state index in [0.29, 0.717) is 0 Å². The monoisotopic (exact) mass is 307 g/mol. The van der Waals surface area contributed by atoms with E-state index in [9.17, 15) is 0 Å². The second-order valence-corrected chi connectivity index (χ2v) is 5.82. The van der Waals surface area contributed by atoms with Crippen molar-refractivity contribution >= 4 is 38.1 Å². The Morgan fingerprint density at radius 3 is 2.50 bits per heavy atom. The van der Waals surface area contributed by atoms with Crippen molar-refractivity contribution in [1.29, 1.82) is 0 Å². The van der Waals surface area contributed by atoms with Gasteiger partial charge in [-0.3, -0.25) is 0 Å². The Hall–Kier alpha value is -2.71. The summed E-state index contributed by atoms with van der Waals surface area (Å²) in [5.74, 6) is 0. The highest BCUT2D eigenvalue weighted by atomic mass is 32.1. The summed E-state index contributed by atoms with van der Waals surface area (Å²) < 4.78 is 3.24. The molecule has 0 aliphatic heterocycles. The van der Waals surface area contributed by atoms with E-state index in [2.05, 4.69) is 28.4 Å². The zero-order chi connectivity index (χ0) is 15.5. The van der Waals surface area contributed by atoms with Gasteiger partial charge in [0, 0.05) is 18.8 Å². The third-order valence-electron chi connectivity index (χ3n) is 3.40. The molecule has 0 N–H and O–H groups in total. The molecule has 1 aromatic heterocycles. The molecule has 0 spiro atoms. The quantitative estimate of drug-likeness (QED) is 0.309. The number of thiazole rings is 1. The maximum absolute atomic E-state index is 5.36. The van der Waals surface area contributed by atoms with E-state index < -0.39 is 0 Å². The molecule has 0 fully saturated rings. The summed E-state index contributed by atoms with van der Waals surface area (Å²) in [7, 11) is 3.84. The third kappa shape index (κ3) is 2.69.